The zero-order valence-corrected chi connectivity index (χ0v) is 26.0. The second-order valence-electron chi connectivity index (χ2n) is 11.5. The van der Waals surface area contributed by atoms with Gasteiger partial charge in [-0.15, -0.1) is 0 Å². The molecule has 1 aliphatic heterocycles. The Bertz CT molecular complexity index is 1960. The summed E-state index contributed by atoms with van der Waals surface area (Å²) in [5, 5.41) is 13.3. The Morgan fingerprint density at radius 3 is 2.41 bits per heavy atom. The molecule has 1 atom stereocenters. The lowest BCUT2D eigenvalue weighted by molar-refractivity contribution is -0.138. The standard InChI is InChI=1S/C31H29BrF3N7O2/c1-17(2)11-21-15-36-41-27-16-39(29(43)20-5-10-26(32)25(13-20)31(33,34)35)19(4)12-24(27)30(44)40(28(21)41)22-6-8-23(9-7-22)42-37-14-18(3)38-42/h5-10,13-15,17,19H,11-12,16H2,1-4H3/t19-/m0/s1. The lowest BCUT2D eigenvalue weighted by Crippen LogP contribution is -2.46. The van der Waals surface area contributed by atoms with E-state index in [0.29, 0.717) is 29.0 Å². The Labute approximate surface area is 259 Å². The number of fused-ring (bicyclic) bond motifs is 3. The number of nitrogens with zero attached hydrogens (tertiary/aromatic N) is 7. The number of hydrogen-bond donors (Lipinski definition) is 0. The molecule has 4 heterocycles. The minimum absolute atomic E-state index is 0.0192. The summed E-state index contributed by atoms with van der Waals surface area (Å²) in [7, 11) is 0. The van der Waals surface area contributed by atoms with Gasteiger partial charge in [-0.05, 0) is 75.1 Å². The van der Waals surface area contributed by atoms with Crippen LogP contribution in [0, 0.1) is 12.8 Å². The molecule has 9 nitrogen and oxygen atoms in total. The molecule has 0 unspecified atom stereocenters. The zero-order valence-electron chi connectivity index (χ0n) is 24.4. The van der Waals surface area contributed by atoms with Crippen molar-refractivity contribution in [1.82, 2.24) is 34.1 Å². The average molecular weight is 669 g/mol. The first-order chi connectivity index (χ1) is 20.8. The number of halogens is 4. The molecule has 1 aliphatic rings. The Morgan fingerprint density at radius 1 is 1.07 bits per heavy atom. The topological polar surface area (TPSA) is 90.3 Å². The molecule has 0 spiro atoms. The maximum Gasteiger partial charge on any atom is 0.417 e. The average Bonchev–Trinajstić information content (AvgIpc) is 3.59. The number of carbonyl (C=O) groups excluding carboxylic acids is 1. The van der Waals surface area contributed by atoms with Crippen LogP contribution in [0.1, 0.15) is 59.2 Å². The smallest absolute Gasteiger partial charge is 0.330 e. The summed E-state index contributed by atoms with van der Waals surface area (Å²) in [6.07, 6.45) is -0.344. The van der Waals surface area contributed by atoms with Crippen molar-refractivity contribution in [3.05, 3.63) is 103 Å². The second-order valence-corrected chi connectivity index (χ2v) is 12.4. The monoisotopic (exact) mass is 667 g/mol. The Morgan fingerprint density at radius 2 is 1.77 bits per heavy atom. The van der Waals surface area contributed by atoms with Crippen molar-refractivity contribution in [2.75, 3.05) is 0 Å². The predicted octanol–water partition coefficient (Wildman–Crippen LogP) is 5.94. The Hall–Kier alpha value is -4.26. The fourth-order valence-corrected chi connectivity index (χ4v) is 6.19. The second kappa shape index (κ2) is 11.0. The van der Waals surface area contributed by atoms with E-state index in [0.717, 1.165) is 23.0 Å². The molecular formula is C31H29BrF3N7O2. The zero-order chi connectivity index (χ0) is 31.5. The summed E-state index contributed by atoms with van der Waals surface area (Å²) in [6.45, 7) is 7.82. The third-order valence-electron chi connectivity index (χ3n) is 7.80. The predicted molar refractivity (Wildman–Crippen MR) is 161 cm³/mol. The quantitative estimate of drug-likeness (QED) is 0.231. The van der Waals surface area contributed by atoms with E-state index in [1.165, 1.54) is 21.8 Å². The van der Waals surface area contributed by atoms with Gasteiger partial charge in [-0.25, -0.2) is 4.52 Å². The van der Waals surface area contributed by atoms with Crippen molar-refractivity contribution in [3.8, 4) is 11.4 Å². The van der Waals surface area contributed by atoms with E-state index in [9.17, 15) is 22.8 Å². The minimum Gasteiger partial charge on any atom is -0.330 e. The molecule has 0 fully saturated rings. The lowest BCUT2D eigenvalue weighted by Gasteiger charge is -2.35. The first kappa shape index (κ1) is 29.8. The summed E-state index contributed by atoms with van der Waals surface area (Å²) < 4.78 is 44.0. The van der Waals surface area contributed by atoms with Gasteiger partial charge in [-0.2, -0.15) is 33.3 Å². The number of aromatic nitrogens is 6. The molecule has 0 bridgehead atoms. The Balaban J connectivity index is 1.46. The van der Waals surface area contributed by atoms with Crippen molar-refractivity contribution in [3.63, 3.8) is 0 Å². The number of hydrogen-bond acceptors (Lipinski definition) is 5. The molecule has 5 aromatic rings. The van der Waals surface area contributed by atoms with Crippen molar-refractivity contribution < 1.29 is 18.0 Å². The molecule has 228 valence electrons. The maximum atomic E-state index is 14.3. The van der Waals surface area contributed by atoms with E-state index in [4.69, 9.17) is 0 Å². The third kappa shape index (κ3) is 5.23. The van der Waals surface area contributed by atoms with Crippen LogP contribution in [0.3, 0.4) is 0 Å². The molecule has 3 aromatic heterocycles. The van der Waals surface area contributed by atoms with E-state index in [2.05, 4.69) is 45.1 Å². The molecule has 0 saturated carbocycles. The van der Waals surface area contributed by atoms with Gasteiger partial charge in [0, 0.05) is 27.2 Å². The van der Waals surface area contributed by atoms with Gasteiger partial charge in [0.25, 0.3) is 11.5 Å². The van der Waals surface area contributed by atoms with Gasteiger partial charge in [0.1, 0.15) is 5.65 Å². The van der Waals surface area contributed by atoms with Crippen LogP contribution >= 0.6 is 15.9 Å². The highest BCUT2D eigenvalue weighted by atomic mass is 79.9. The number of aryl methyl sites for hydroxylation is 1. The number of benzene rings is 2. The summed E-state index contributed by atoms with van der Waals surface area (Å²) in [5.74, 6) is -0.275. The van der Waals surface area contributed by atoms with Crippen LogP contribution < -0.4 is 5.56 Å². The van der Waals surface area contributed by atoms with Crippen LogP contribution in [-0.2, 0) is 25.6 Å². The normalized spacial score (nSPS) is 15.3. The number of rotatable bonds is 5. The van der Waals surface area contributed by atoms with Crippen LogP contribution in [0.2, 0.25) is 0 Å². The van der Waals surface area contributed by atoms with Gasteiger partial charge in [-0.1, -0.05) is 29.8 Å². The fraction of sp³-hybridized carbons (Fsp3) is 0.323. The van der Waals surface area contributed by atoms with E-state index >= 15 is 0 Å². The summed E-state index contributed by atoms with van der Waals surface area (Å²) >= 11 is 2.94. The highest BCUT2D eigenvalue weighted by Crippen LogP contribution is 2.36. The van der Waals surface area contributed by atoms with E-state index < -0.39 is 23.7 Å². The van der Waals surface area contributed by atoms with Crippen molar-refractivity contribution in [1.29, 1.82) is 0 Å². The van der Waals surface area contributed by atoms with E-state index in [1.807, 2.05) is 31.2 Å². The molecular weight excluding hydrogens is 639 g/mol. The molecule has 0 aliphatic carbocycles. The van der Waals surface area contributed by atoms with E-state index in [-0.39, 0.29) is 34.5 Å². The third-order valence-corrected chi connectivity index (χ3v) is 8.49. The molecule has 0 N–H and O–H groups in total. The molecule has 2 aromatic carbocycles. The van der Waals surface area contributed by atoms with Gasteiger partial charge in [0.15, 0.2) is 0 Å². The lowest BCUT2D eigenvalue weighted by atomic mass is 9.97. The van der Waals surface area contributed by atoms with Crippen molar-refractivity contribution >= 4 is 27.5 Å². The minimum atomic E-state index is -4.62. The number of carbonyl (C=O) groups is 1. The highest BCUT2D eigenvalue weighted by Gasteiger charge is 2.36. The van der Waals surface area contributed by atoms with Gasteiger partial charge in [-0.3, -0.25) is 14.2 Å². The number of alkyl halides is 3. The van der Waals surface area contributed by atoms with Crippen LogP contribution in [0.15, 0.2) is 64.1 Å². The number of amides is 1. The molecule has 0 saturated heterocycles. The van der Waals surface area contributed by atoms with Crippen molar-refractivity contribution in [2.45, 2.75) is 59.3 Å². The molecule has 1 amide bonds. The fourth-order valence-electron chi connectivity index (χ4n) is 5.72. The first-order valence-electron chi connectivity index (χ1n) is 14.1. The van der Waals surface area contributed by atoms with Crippen molar-refractivity contribution in [2.24, 2.45) is 5.92 Å². The van der Waals surface area contributed by atoms with E-state index in [1.54, 1.807) is 28.4 Å². The van der Waals surface area contributed by atoms with Crippen LogP contribution in [0.25, 0.3) is 17.0 Å². The van der Waals surface area contributed by atoms with Crippen LogP contribution in [0.4, 0.5) is 13.2 Å². The highest BCUT2D eigenvalue weighted by molar-refractivity contribution is 9.10. The summed E-state index contributed by atoms with van der Waals surface area (Å²) in [6, 6.07) is 10.4. The summed E-state index contributed by atoms with van der Waals surface area (Å²) in [5.41, 5.74) is 3.45. The summed E-state index contributed by atoms with van der Waals surface area (Å²) in [4.78, 5) is 30.9. The first-order valence-corrected chi connectivity index (χ1v) is 14.9. The Kier molecular flexibility index (Phi) is 7.47. The van der Waals surface area contributed by atoms with Crippen LogP contribution in [-0.4, -0.2) is 46.0 Å². The maximum absolute atomic E-state index is 14.3. The van der Waals surface area contributed by atoms with Crippen LogP contribution in [0.5, 0.6) is 0 Å². The van der Waals surface area contributed by atoms with Gasteiger partial charge in [0.05, 0.1) is 47.3 Å². The molecule has 44 heavy (non-hydrogen) atoms. The molecule has 0 radical (unpaired) electrons. The molecule has 6 rings (SSSR count). The van der Waals surface area contributed by atoms with Gasteiger partial charge >= 0.3 is 6.18 Å². The molecule has 13 heteroatoms. The van der Waals surface area contributed by atoms with Gasteiger partial charge < -0.3 is 4.90 Å². The van der Waals surface area contributed by atoms with Gasteiger partial charge in [0.2, 0.25) is 0 Å². The SMILES string of the molecule is Cc1cnn(-c2ccc(-n3c(=O)c4c(n5ncc(CC(C)C)c35)CN(C(=O)c3ccc(Br)c(C(F)(F)F)c3)[C@@H](C)C4)cc2)n1. The largest absolute Gasteiger partial charge is 0.417 e.